The maximum absolute atomic E-state index is 9.59. The van der Waals surface area contributed by atoms with Gasteiger partial charge in [0, 0.05) is 12.1 Å². The number of aliphatic hydroxyl groups excluding tert-OH is 1. The van der Waals surface area contributed by atoms with Crippen LogP contribution < -0.4 is 27.2 Å². The van der Waals surface area contributed by atoms with Gasteiger partial charge in [-0.05, 0) is 42.3 Å². The Morgan fingerprint density at radius 2 is 1.74 bits per heavy atom. The van der Waals surface area contributed by atoms with E-state index in [0.717, 1.165) is 46.3 Å². The average Bonchev–Trinajstić information content (AvgIpc) is 3.30. The van der Waals surface area contributed by atoms with Gasteiger partial charge in [0.05, 0.1) is 12.6 Å². The highest BCUT2D eigenvalue weighted by molar-refractivity contribution is 5.58. The van der Waals surface area contributed by atoms with Crippen molar-refractivity contribution in [1.29, 1.82) is 0 Å². The molecule has 27 heavy (non-hydrogen) atoms. The monoisotopic (exact) mass is 386 g/mol. The number of fused-ring (bicyclic) bond motifs is 1. The Kier molecular flexibility index (Phi) is 6.06. The molecule has 142 valence electrons. The normalized spacial score (nSPS) is 13.3. The van der Waals surface area contributed by atoms with Crippen LogP contribution in [0.5, 0.6) is 11.5 Å². The third kappa shape index (κ3) is 4.45. The van der Waals surface area contributed by atoms with Crippen molar-refractivity contribution < 1.29 is 31.4 Å². The second-order valence-corrected chi connectivity index (χ2v) is 6.36. The van der Waals surface area contributed by atoms with Crippen LogP contribution in [0, 0.1) is 0 Å². The molecule has 0 spiro atoms. The van der Waals surface area contributed by atoms with Crippen LogP contribution in [-0.2, 0) is 13.1 Å². The Bertz CT molecular complexity index is 889. The number of nitrogens with one attached hydrogen (secondary N) is 1. The molecule has 0 saturated heterocycles. The van der Waals surface area contributed by atoms with Crippen molar-refractivity contribution in [3.63, 3.8) is 0 Å². The van der Waals surface area contributed by atoms with Gasteiger partial charge in [0.25, 0.3) is 0 Å². The third-order valence-corrected chi connectivity index (χ3v) is 4.40. The van der Waals surface area contributed by atoms with Gasteiger partial charge in [-0.25, -0.2) is 0 Å². The van der Waals surface area contributed by atoms with E-state index in [1.807, 2.05) is 54.6 Å². The molecule has 0 fully saturated rings. The first-order chi connectivity index (χ1) is 12.7. The van der Waals surface area contributed by atoms with Crippen LogP contribution >= 0.6 is 0 Å². The standard InChI is InChI=1S/C21H21NO4.ClH/c1-14(23)16-3-5-17(6-4-16)19-9-7-18(26-19)12-22-11-15-2-8-20-21(10-15)25-13-24-20;/h2-10,14,22-23H,11-13H2,1H3;1H/p-1. The summed E-state index contributed by atoms with van der Waals surface area (Å²) in [6, 6.07) is 17.7. The number of ether oxygens (including phenoxy) is 2. The van der Waals surface area contributed by atoms with Gasteiger partial charge in [-0.15, -0.1) is 0 Å². The maximum Gasteiger partial charge on any atom is 0.231 e. The van der Waals surface area contributed by atoms with E-state index in [-0.39, 0.29) is 12.4 Å². The molecule has 2 aromatic carbocycles. The van der Waals surface area contributed by atoms with E-state index < -0.39 is 6.10 Å². The van der Waals surface area contributed by atoms with E-state index in [0.29, 0.717) is 13.3 Å². The summed E-state index contributed by atoms with van der Waals surface area (Å²) in [6.45, 7) is 3.40. The first-order valence-electron chi connectivity index (χ1n) is 8.65. The van der Waals surface area contributed by atoms with Crippen LogP contribution in [-0.4, -0.2) is 11.9 Å². The Labute approximate surface area is 164 Å². The summed E-state index contributed by atoms with van der Waals surface area (Å²) in [5, 5.41) is 13.0. The lowest BCUT2D eigenvalue weighted by Crippen LogP contribution is -3.00. The molecule has 0 aliphatic carbocycles. The average molecular weight is 387 g/mol. The van der Waals surface area contributed by atoms with Crippen molar-refractivity contribution in [2.75, 3.05) is 6.79 Å². The van der Waals surface area contributed by atoms with Crippen LogP contribution in [0.1, 0.15) is 29.9 Å². The molecule has 6 heteroatoms. The van der Waals surface area contributed by atoms with Crippen LogP contribution in [0.3, 0.4) is 0 Å². The van der Waals surface area contributed by atoms with Crippen molar-refractivity contribution in [2.24, 2.45) is 0 Å². The molecule has 3 aromatic rings. The lowest BCUT2D eigenvalue weighted by Gasteiger charge is -2.05. The minimum absolute atomic E-state index is 0. The quantitative estimate of drug-likeness (QED) is 0.662. The topological polar surface area (TPSA) is 63.9 Å². The number of hydrogen-bond donors (Lipinski definition) is 2. The molecule has 0 bridgehead atoms. The van der Waals surface area contributed by atoms with Gasteiger partial charge < -0.3 is 36.7 Å². The highest BCUT2D eigenvalue weighted by Gasteiger charge is 2.13. The molecule has 1 unspecified atom stereocenters. The molecule has 0 saturated carbocycles. The van der Waals surface area contributed by atoms with Crippen LogP contribution in [0.2, 0.25) is 0 Å². The van der Waals surface area contributed by atoms with Crippen LogP contribution in [0.4, 0.5) is 0 Å². The molecule has 4 rings (SSSR count). The van der Waals surface area contributed by atoms with E-state index in [4.69, 9.17) is 13.9 Å². The number of aliphatic hydroxyl groups is 1. The largest absolute Gasteiger partial charge is 1.00 e. The molecule has 2 heterocycles. The Balaban J connectivity index is 0.00000210. The molecule has 1 aromatic heterocycles. The maximum atomic E-state index is 9.59. The van der Waals surface area contributed by atoms with Gasteiger partial charge in [-0.3, -0.25) is 0 Å². The van der Waals surface area contributed by atoms with Crippen molar-refractivity contribution in [3.05, 3.63) is 71.5 Å². The number of furan rings is 1. The number of benzene rings is 2. The summed E-state index contributed by atoms with van der Waals surface area (Å²) in [5.74, 6) is 3.29. The summed E-state index contributed by atoms with van der Waals surface area (Å²) in [5.41, 5.74) is 3.03. The van der Waals surface area contributed by atoms with Crippen molar-refractivity contribution in [3.8, 4) is 22.8 Å². The summed E-state index contributed by atoms with van der Waals surface area (Å²) >= 11 is 0. The molecule has 0 amide bonds. The molecule has 1 atom stereocenters. The van der Waals surface area contributed by atoms with Gasteiger partial charge in [0.1, 0.15) is 11.5 Å². The zero-order valence-electron chi connectivity index (χ0n) is 14.9. The van der Waals surface area contributed by atoms with E-state index in [9.17, 15) is 5.11 Å². The summed E-state index contributed by atoms with van der Waals surface area (Å²) < 4.78 is 16.6. The number of rotatable bonds is 6. The molecule has 0 radical (unpaired) electrons. The van der Waals surface area contributed by atoms with Crippen LogP contribution in [0.15, 0.2) is 59.0 Å². The second-order valence-electron chi connectivity index (χ2n) is 6.36. The van der Waals surface area contributed by atoms with Gasteiger partial charge in [-0.2, -0.15) is 0 Å². The summed E-state index contributed by atoms with van der Waals surface area (Å²) in [4.78, 5) is 0. The van der Waals surface area contributed by atoms with Crippen LogP contribution in [0.25, 0.3) is 11.3 Å². The number of hydrogen-bond acceptors (Lipinski definition) is 5. The Hall–Kier alpha value is -2.47. The smallest absolute Gasteiger partial charge is 0.231 e. The van der Waals surface area contributed by atoms with E-state index >= 15 is 0 Å². The van der Waals surface area contributed by atoms with Gasteiger partial charge in [0.2, 0.25) is 6.79 Å². The van der Waals surface area contributed by atoms with E-state index in [2.05, 4.69) is 5.32 Å². The minimum atomic E-state index is -0.461. The lowest BCUT2D eigenvalue weighted by molar-refractivity contribution is -0.00000927. The fraction of sp³-hybridized carbons (Fsp3) is 0.238. The molecule has 1 aliphatic rings. The zero-order valence-corrected chi connectivity index (χ0v) is 15.7. The molecular weight excluding hydrogens is 366 g/mol. The minimum Gasteiger partial charge on any atom is -1.00 e. The van der Waals surface area contributed by atoms with Crippen molar-refractivity contribution >= 4 is 0 Å². The first-order valence-corrected chi connectivity index (χ1v) is 8.65. The Morgan fingerprint density at radius 3 is 2.52 bits per heavy atom. The highest BCUT2D eigenvalue weighted by Crippen LogP contribution is 2.32. The lowest BCUT2D eigenvalue weighted by atomic mass is 10.1. The third-order valence-electron chi connectivity index (χ3n) is 4.40. The first kappa shape index (κ1) is 19.3. The second kappa shape index (κ2) is 8.48. The summed E-state index contributed by atoms with van der Waals surface area (Å²) in [7, 11) is 0. The Morgan fingerprint density at radius 1 is 0.963 bits per heavy atom. The van der Waals surface area contributed by atoms with Gasteiger partial charge in [0.15, 0.2) is 11.5 Å². The molecule has 1 aliphatic heterocycles. The fourth-order valence-electron chi connectivity index (χ4n) is 2.93. The molecular formula is C21H21ClNO4-. The van der Waals surface area contributed by atoms with E-state index in [1.165, 1.54) is 0 Å². The fourth-order valence-corrected chi connectivity index (χ4v) is 2.93. The van der Waals surface area contributed by atoms with Gasteiger partial charge >= 0.3 is 0 Å². The van der Waals surface area contributed by atoms with E-state index in [1.54, 1.807) is 6.92 Å². The predicted octanol–water partition coefficient (Wildman–Crippen LogP) is 1.02. The SMILES string of the molecule is CC(O)c1ccc(-c2ccc(CNCc3ccc4c(c3)OCO4)o2)cc1.[Cl-]. The number of halogens is 1. The molecule has 2 N–H and O–H groups in total. The van der Waals surface area contributed by atoms with Gasteiger partial charge in [-0.1, -0.05) is 30.3 Å². The summed E-state index contributed by atoms with van der Waals surface area (Å²) in [6.07, 6.45) is -0.461. The zero-order chi connectivity index (χ0) is 17.9. The van der Waals surface area contributed by atoms with Crippen molar-refractivity contribution in [1.82, 2.24) is 5.32 Å². The predicted molar refractivity (Wildman–Crippen MR) is 97.9 cm³/mol. The molecule has 5 nitrogen and oxygen atoms in total. The highest BCUT2D eigenvalue weighted by atomic mass is 35.5. The van der Waals surface area contributed by atoms with Crippen molar-refractivity contribution in [2.45, 2.75) is 26.1 Å².